The van der Waals surface area contributed by atoms with Gasteiger partial charge < -0.3 is 15.0 Å². The number of likely N-dealkylation sites (tertiary alicyclic amines) is 1. The summed E-state index contributed by atoms with van der Waals surface area (Å²) in [6.45, 7) is 6.72. The quantitative estimate of drug-likeness (QED) is 0.749. The van der Waals surface area contributed by atoms with Crippen LogP contribution < -0.4 is 5.32 Å². The summed E-state index contributed by atoms with van der Waals surface area (Å²) in [6, 6.07) is 7.47. The predicted molar refractivity (Wildman–Crippen MR) is 89.1 cm³/mol. The lowest BCUT2D eigenvalue weighted by Gasteiger charge is -2.15. The summed E-state index contributed by atoms with van der Waals surface area (Å²) in [6.07, 6.45) is 2.63. The van der Waals surface area contributed by atoms with Crippen LogP contribution in [-0.2, 0) is 16.1 Å². The number of hydrogen-bond donors (Lipinski definition) is 1. The highest BCUT2D eigenvalue weighted by Gasteiger charge is 2.19. The maximum Gasteiger partial charge on any atom is 0.251 e. The van der Waals surface area contributed by atoms with Gasteiger partial charge in [0.05, 0.1) is 6.10 Å². The summed E-state index contributed by atoms with van der Waals surface area (Å²) >= 11 is 0. The Labute approximate surface area is 138 Å². The van der Waals surface area contributed by atoms with Gasteiger partial charge in [-0.05, 0) is 44.4 Å². The van der Waals surface area contributed by atoms with E-state index in [1.807, 2.05) is 43.0 Å². The number of carbonyl (C=O) groups is 2. The Bertz CT molecular complexity index is 526. The number of ether oxygens (including phenoxy) is 1. The average Bonchev–Trinajstić information content (AvgIpc) is 2.92. The van der Waals surface area contributed by atoms with Gasteiger partial charge in [0.25, 0.3) is 5.91 Å². The first-order valence-corrected chi connectivity index (χ1v) is 8.33. The summed E-state index contributed by atoms with van der Waals surface area (Å²) < 4.78 is 5.43. The van der Waals surface area contributed by atoms with Gasteiger partial charge in [0.15, 0.2) is 0 Å². The van der Waals surface area contributed by atoms with Crippen molar-refractivity contribution in [3.8, 4) is 0 Å². The van der Waals surface area contributed by atoms with Crippen molar-refractivity contribution in [3.63, 3.8) is 0 Å². The minimum absolute atomic E-state index is 0.0710. The number of nitrogens with one attached hydrogen (secondary N) is 1. The second-order valence-electron chi connectivity index (χ2n) is 6.14. The molecule has 1 fully saturated rings. The van der Waals surface area contributed by atoms with Crippen LogP contribution in [0.15, 0.2) is 24.3 Å². The monoisotopic (exact) mass is 318 g/mol. The molecule has 0 spiro atoms. The lowest BCUT2D eigenvalue weighted by Crippen LogP contribution is -2.26. The lowest BCUT2D eigenvalue weighted by molar-refractivity contribution is -0.128. The third kappa shape index (κ3) is 5.67. The van der Waals surface area contributed by atoms with Crippen LogP contribution in [0, 0.1) is 0 Å². The molecule has 126 valence electrons. The van der Waals surface area contributed by atoms with Crippen LogP contribution in [0.4, 0.5) is 0 Å². The molecule has 1 aliphatic rings. The highest BCUT2D eigenvalue weighted by Crippen LogP contribution is 2.14. The van der Waals surface area contributed by atoms with E-state index in [1.54, 1.807) is 0 Å². The van der Waals surface area contributed by atoms with Crippen molar-refractivity contribution in [3.05, 3.63) is 35.4 Å². The van der Waals surface area contributed by atoms with Gasteiger partial charge in [-0.1, -0.05) is 12.1 Å². The molecule has 5 heteroatoms. The van der Waals surface area contributed by atoms with Gasteiger partial charge in [0.1, 0.15) is 0 Å². The van der Waals surface area contributed by atoms with Crippen LogP contribution in [0.5, 0.6) is 0 Å². The summed E-state index contributed by atoms with van der Waals surface area (Å²) in [5, 5.41) is 2.89. The fourth-order valence-electron chi connectivity index (χ4n) is 2.55. The van der Waals surface area contributed by atoms with Gasteiger partial charge in [-0.2, -0.15) is 0 Å². The topological polar surface area (TPSA) is 58.6 Å². The van der Waals surface area contributed by atoms with Crippen LogP contribution in [-0.4, -0.2) is 42.5 Å². The standard InChI is InChI=1S/C18H26N2O3/c1-14(2)23-12-4-10-19-18(22)16-8-6-15(7-9-16)13-20-11-3-5-17(20)21/h6-9,14H,3-5,10-13H2,1-2H3,(H,19,22). The van der Waals surface area contributed by atoms with Gasteiger partial charge in [-0.3, -0.25) is 9.59 Å². The molecule has 5 nitrogen and oxygen atoms in total. The fraction of sp³-hybridized carbons (Fsp3) is 0.556. The molecule has 23 heavy (non-hydrogen) atoms. The molecule has 1 heterocycles. The van der Waals surface area contributed by atoms with E-state index in [0.29, 0.717) is 31.7 Å². The minimum atomic E-state index is -0.0710. The number of amides is 2. The maximum absolute atomic E-state index is 12.0. The first-order valence-electron chi connectivity index (χ1n) is 8.33. The van der Waals surface area contributed by atoms with E-state index >= 15 is 0 Å². The molecule has 0 saturated carbocycles. The van der Waals surface area contributed by atoms with Gasteiger partial charge in [-0.25, -0.2) is 0 Å². The second-order valence-corrected chi connectivity index (χ2v) is 6.14. The van der Waals surface area contributed by atoms with Gasteiger partial charge in [-0.15, -0.1) is 0 Å². The zero-order chi connectivity index (χ0) is 16.7. The molecule has 0 atom stereocenters. The third-order valence-electron chi connectivity index (χ3n) is 3.82. The van der Waals surface area contributed by atoms with Crippen LogP contribution in [0.25, 0.3) is 0 Å². The molecule has 0 radical (unpaired) electrons. The summed E-state index contributed by atoms with van der Waals surface area (Å²) in [5.74, 6) is 0.147. The molecule has 1 aromatic carbocycles. The molecule has 0 aromatic heterocycles. The molecule has 1 saturated heterocycles. The maximum atomic E-state index is 12.0. The minimum Gasteiger partial charge on any atom is -0.379 e. The zero-order valence-electron chi connectivity index (χ0n) is 14.0. The number of hydrogen-bond acceptors (Lipinski definition) is 3. The Kier molecular flexibility index (Phi) is 6.59. The van der Waals surface area contributed by atoms with E-state index < -0.39 is 0 Å². The van der Waals surface area contributed by atoms with Crippen molar-refractivity contribution in [2.45, 2.75) is 45.8 Å². The van der Waals surface area contributed by atoms with E-state index in [1.165, 1.54) is 0 Å². The first kappa shape index (κ1) is 17.5. The molecule has 0 aliphatic carbocycles. The Morgan fingerprint density at radius 3 is 2.65 bits per heavy atom. The predicted octanol–water partition coefficient (Wildman–Crippen LogP) is 2.35. The molecule has 0 bridgehead atoms. The summed E-state index contributed by atoms with van der Waals surface area (Å²) in [4.78, 5) is 25.5. The van der Waals surface area contributed by atoms with Crippen LogP contribution in [0.2, 0.25) is 0 Å². The van der Waals surface area contributed by atoms with Gasteiger partial charge in [0.2, 0.25) is 5.91 Å². The van der Waals surface area contributed by atoms with Crippen molar-refractivity contribution in [1.82, 2.24) is 10.2 Å². The van der Waals surface area contributed by atoms with Crippen LogP contribution in [0.1, 0.15) is 49.0 Å². The number of rotatable bonds is 8. The molecule has 1 N–H and O–H groups in total. The van der Waals surface area contributed by atoms with Crippen molar-refractivity contribution < 1.29 is 14.3 Å². The summed E-state index contributed by atoms with van der Waals surface area (Å²) in [5.41, 5.74) is 1.70. The van der Waals surface area contributed by atoms with Crippen molar-refractivity contribution in [2.75, 3.05) is 19.7 Å². The lowest BCUT2D eigenvalue weighted by atomic mass is 10.1. The van der Waals surface area contributed by atoms with Gasteiger partial charge >= 0.3 is 0 Å². The van der Waals surface area contributed by atoms with E-state index in [9.17, 15) is 9.59 Å². The molecule has 1 aromatic rings. The zero-order valence-corrected chi connectivity index (χ0v) is 14.0. The Hall–Kier alpha value is -1.88. The van der Waals surface area contributed by atoms with Crippen LogP contribution >= 0.6 is 0 Å². The molecular formula is C18H26N2O3. The van der Waals surface area contributed by atoms with Crippen molar-refractivity contribution in [1.29, 1.82) is 0 Å². The van der Waals surface area contributed by atoms with Gasteiger partial charge in [0, 0.05) is 38.2 Å². The Morgan fingerprint density at radius 1 is 1.30 bits per heavy atom. The normalized spacial score (nSPS) is 14.6. The number of carbonyl (C=O) groups excluding carboxylic acids is 2. The smallest absolute Gasteiger partial charge is 0.251 e. The Morgan fingerprint density at radius 2 is 2.04 bits per heavy atom. The molecular weight excluding hydrogens is 292 g/mol. The van der Waals surface area contributed by atoms with E-state index in [-0.39, 0.29) is 17.9 Å². The van der Waals surface area contributed by atoms with Crippen LogP contribution in [0.3, 0.4) is 0 Å². The first-order chi connectivity index (χ1) is 11.1. The number of benzene rings is 1. The number of nitrogens with zero attached hydrogens (tertiary/aromatic N) is 1. The fourth-order valence-corrected chi connectivity index (χ4v) is 2.55. The molecule has 1 aliphatic heterocycles. The average molecular weight is 318 g/mol. The highest BCUT2D eigenvalue weighted by atomic mass is 16.5. The SMILES string of the molecule is CC(C)OCCCNC(=O)c1ccc(CN2CCCC2=O)cc1. The highest BCUT2D eigenvalue weighted by molar-refractivity contribution is 5.94. The van der Waals surface area contributed by atoms with E-state index in [4.69, 9.17) is 4.74 Å². The molecule has 2 rings (SSSR count). The molecule has 2 amide bonds. The van der Waals surface area contributed by atoms with Crippen molar-refractivity contribution in [2.24, 2.45) is 0 Å². The van der Waals surface area contributed by atoms with E-state index in [2.05, 4.69) is 5.32 Å². The largest absolute Gasteiger partial charge is 0.379 e. The van der Waals surface area contributed by atoms with Crippen molar-refractivity contribution >= 4 is 11.8 Å². The second kappa shape index (κ2) is 8.67. The van der Waals surface area contributed by atoms with E-state index in [0.717, 1.165) is 24.9 Å². The molecule has 0 unspecified atom stereocenters. The third-order valence-corrected chi connectivity index (χ3v) is 3.82. The Balaban J connectivity index is 1.75. The summed E-state index contributed by atoms with van der Waals surface area (Å²) in [7, 11) is 0.